The van der Waals surface area contributed by atoms with Gasteiger partial charge in [-0.25, -0.2) is 9.37 Å². The Morgan fingerprint density at radius 1 is 1.15 bits per heavy atom. The molecule has 2 atom stereocenters. The highest BCUT2D eigenvalue weighted by atomic mass is 28.4. The van der Waals surface area contributed by atoms with Crippen LogP contribution in [0.15, 0.2) is 30.5 Å². The first-order valence-corrected chi connectivity index (χ1v) is 15.2. The highest BCUT2D eigenvalue weighted by molar-refractivity contribution is 6.74. The largest absolute Gasteiger partial charge is 0.462 e. The molecule has 5 nitrogen and oxygen atoms in total. The van der Waals surface area contributed by atoms with Crippen molar-refractivity contribution in [3.05, 3.63) is 47.5 Å². The maximum atomic E-state index is 14.1. The third-order valence-electron chi connectivity index (χ3n) is 7.49. The van der Waals surface area contributed by atoms with Crippen molar-refractivity contribution in [3.8, 4) is 6.01 Å². The van der Waals surface area contributed by atoms with Gasteiger partial charge >= 0.3 is 0 Å². The number of imidazole rings is 1. The van der Waals surface area contributed by atoms with E-state index in [9.17, 15) is 4.39 Å². The van der Waals surface area contributed by atoms with Crippen molar-refractivity contribution in [3.63, 3.8) is 0 Å². The van der Waals surface area contributed by atoms with Crippen LogP contribution in [0.2, 0.25) is 18.1 Å². The van der Waals surface area contributed by atoms with Gasteiger partial charge in [0.15, 0.2) is 8.32 Å². The molecular weight excluding hydrogens is 433 g/mol. The molecule has 0 aliphatic carbocycles. The van der Waals surface area contributed by atoms with Gasteiger partial charge in [-0.05, 0) is 88.4 Å². The van der Waals surface area contributed by atoms with Gasteiger partial charge in [-0.2, -0.15) is 0 Å². The number of nitrogens with one attached hydrogen (secondary N) is 1. The SMILES string of the molecule is CC(Oc1ncc(C(O[Si](C)(C)C(C)(C)C)c2cccc(F)c2)[nH]1)C1CCN(C(C)C)CC1. The van der Waals surface area contributed by atoms with E-state index in [0.717, 1.165) is 37.2 Å². The number of piperidine rings is 1. The lowest BCUT2D eigenvalue weighted by atomic mass is 9.91. The predicted molar refractivity (Wildman–Crippen MR) is 135 cm³/mol. The molecule has 2 unspecified atom stereocenters. The van der Waals surface area contributed by atoms with Gasteiger partial charge in [0, 0.05) is 6.04 Å². The Labute approximate surface area is 200 Å². The van der Waals surface area contributed by atoms with Crippen LogP contribution >= 0.6 is 0 Å². The molecule has 1 aliphatic heterocycles. The first-order valence-electron chi connectivity index (χ1n) is 12.3. The Morgan fingerprint density at radius 2 is 1.82 bits per heavy atom. The molecule has 0 bridgehead atoms. The van der Waals surface area contributed by atoms with E-state index in [2.05, 4.69) is 69.5 Å². The number of aromatic amines is 1. The quantitative estimate of drug-likeness (QED) is 0.440. The zero-order valence-corrected chi connectivity index (χ0v) is 22.6. The summed E-state index contributed by atoms with van der Waals surface area (Å²) in [6, 6.07) is 7.74. The van der Waals surface area contributed by atoms with Crippen LogP contribution in [-0.2, 0) is 4.43 Å². The highest BCUT2D eigenvalue weighted by Crippen LogP contribution is 2.41. The summed E-state index contributed by atoms with van der Waals surface area (Å²) < 4.78 is 27.0. The summed E-state index contributed by atoms with van der Waals surface area (Å²) in [6.45, 7) is 19.9. The average Bonchev–Trinajstić information content (AvgIpc) is 3.19. The third kappa shape index (κ3) is 6.46. The summed E-state index contributed by atoms with van der Waals surface area (Å²) in [6.07, 6.45) is 3.69. The lowest BCUT2D eigenvalue weighted by Gasteiger charge is -2.39. The van der Waals surface area contributed by atoms with E-state index in [4.69, 9.17) is 9.16 Å². The van der Waals surface area contributed by atoms with Gasteiger partial charge in [-0.3, -0.25) is 0 Å². The van der Waals surface area contributed by atoms with Crippen LogP contribution in [-0.4, -0.2) is 48.4 Å². The number of likely N-dealkylation sites (tertiary alicyclic amines) is 1. The molecule has 1 aliphatic rings. The molecule has 1 N–H and O–H groups in total. The first kappa shape index (κ1) is 25.9. The highest BCUT2D eigenvalue weighted by Gasteiger charge is 2.40. The molecule has 3 rings (SSSR count). The minimum Gasteiger partial charge on any atom is -0.462 e. The van der Waals surface area contributed by atoms with Crippen molar-refractivity contribution >= 4 is 8.32 Å². The zero-order chi connectivity index (χ0) is 24.4. The van der Waals surface area contributed by atoms with E-state index in [0.29, 0.717) is 18.0 Å². The Kier molecular flexibility index (Phi) is 8.07. The van der Waals surface area contributed by atoms with Crippen LogP contribution in [0.1, 0.15) is 71.7 Å². The number of H-pyrrole nitrogens is 1. The van der Waals surface area contributed by atoms with Crippen molar-refractivity contribution < 1.29 is 13.6 Å². The zero-order valence-electron chi connectivity index (χ0n) is 21.6. The van der Waals surface area contributed by atoms with Crippen LogP contribution in [0.4, 0.5) is 4.39 Å². The molecule has 184 valence electrons. The first-order chi connectivity index (χ1) is 15.4. The second-order valence-electron chi connectivity index (χ2n) is 11.2. The van der Waals surface area contributed by atoms with E-state index >= 15 is 0 Å². The maximum absolute atomic E-state index is 14.1. The van der Waals surface area contributed by atoms with E-state index in [1.54, 1.807) is 18.3 Å². The standard InChI is InChI=1S/C26H42FN3O2Si/c1-18(2)30-14-12-20(13-15-30)19(3)31-25-28-17-23(29-25)24(21-10-9-11-22(27)16-21)32-33(7,8)26(4,5)6/h9-11,16-20,24H,12-15H2,1-8H3,(H,28,29). The second-order valence-corrected chi connectivity index (χ2v) is 16.0. The van der Waals surface area contributed by atoms with Crippen LogP contribution in [0.25, 0.3) is 0 Å². The van der Waals surface area contributed by atoms with Crippen molar-refractivity contribution in [1.82, 2.24) is 14.9 Å². The summed E-state index contributed by atoms with van der Waals surface area (Å²) in [5, 5.41) is 0.0251. The fraction of sp³-hybridized carbons (Fsp3) is 0.654. The molecule has 1 aromatic carbocycles. The van der Waals surface area contributed by atoms with Gasteiger partial charge in [0.25, 0.3) is 6.01 Å². The number of benzene rings is 1. The third-order valence-corrected chi connectivity index (χ3v) is 11.9. The van der Waals surface area contributed by atoms with Crippen molar-refractivity contribution in [2.45, 2.75) is 90.8 Å². The molecule has 2 aromatic rings. The number of ether oxygens (including phenoxy) is 1. The number of hydrogen-bond donors (Lipinski definition) is 1. The Bertz CT molecular complexity index is 901. The van der Waals surface area contributed by atoms with Gasteiger partial charge in [0.2, 0.25) is 0 Å². The van der Waals surface area contributed by atoms with Crippen LogP contribution in [0.5, 0.6) is 6.01 Å². The molecule has 0 radical (unpaired) electrons. The number of hydrogen-bond acceptors (Lipinski definition) is 4. The summed E-state index contributed by atoms with van der Waals surface area (Å²) in [4.78, 5) is 10.4. The van der Waals surface area contributed by atoms with Crippen LogP contribution in [0, 0.1) is 11.7 Å². The molecule has 2 heterocycles. The number of nitrogens with zero attached hydrogens (tertiary/aromatic N) is 2. The lowest BCUT2D eigenvalue weighted by molar-refractivity contribution is 0.0705. The molecule has 1 fully saturated rings. The minimum absolute atomic E-state index is 0.0251. The van der Waals surface area contributed by atoms with Gasteiger partial charge in [0.1, 0.15) is 18.0 Å². The summed E-state index contributed by atoms with van der Waals surface area (Å²) in [5.74, 6) is 0.240. The van der Waals surface area contributed by atoms with Crippen molar-refractivity contribution in [2.75, 3.05) is 13.1 Å². The van der Waals surface area contributed by atoms with Crippen molar-refractivity contribution in [2.24, 2.45) is 5.92 Å². The van der Waals surface area contributed by atoms with Gasteiger partial charge in [-0.15, -0.1) is 0 Å². The predicted octanol–water partition coefficient (Wildman–Crippen LogP) is 6.55. The Balaban J connectivity index is 1.76. The molecule has 0 saturated carbocycles. The van der Waals surface area contributed by atoms with Gasteiger partial charge in [-0.1, -0.05) is 32.9 Å². The smallest absolute Gasteiger partial charge is 0.294 e. The minimum atomic E-state index is -2.13. The lowest BCUT2D eigenvalue weighted by Crippen LogP contribution is -2.42. The summed E-state index contributed by atoms with van der Waals surface area (Å²) in [5.41, 5.74) is 1.58. The van der Waals surface area contributed by atoms with Gasteiger partial charge < -0.3 is 19.0 Å². The maximum Gasteiger partial charge on any atom is 0.294 e. The number of rotatable bonds is 8. The topological polar surface area (TPSA) is 50.4 Å². The van der Waals surface area contributed by atoms with Gasteiger partial charge in [0.05, 0.1) is 11.9 Å². The normalized spacial score (nSPS) is 18.5. The molecule has 0 spiro atoms. The fourth-order valence-electron chi connectivity index (χ4n) is 4.14. The van der Waals surface area contributed by atoms with E-state index in [1.807, 2.05) is 6.07 Å². The molecular formula is C26H42FN3O2Si. The van der Waals surface area contributed by atoms with Crippen molar-refractivity contribution in [1.29, 1.82) is 0 Å². The molecule has 0 amide bonds. The average molecular weight is 476 g/mol. The van der Waals surface area contributed by atoms with Crippen LogP contribution < -0.4 is 4.74 Å². The summed E-state index contributed by atoms with van der Waals surface area (Å²) >= 11 is 0. The van der Waals surface area contributed by atoms with E-state index < -0.39 is 14.4 Å². The molecule has 33 heavy (non-hydrogen) atoms. The second kappa shape index (κ2) is 10.3. The Hall–Kier alpha value is -1.70. The monoisotopic (exact) mass is 475 g/mol. The summed E-state index contributed by atoms with van der Waals surface area (Å²) in [7, 11) is -2.13. The molecule has 1 aromatic heterocycles. The molecule has 1 saturated heterocycles. The number of aromatic nitrogens is 2. The molecule has 7 heteroatoms. The number of halogens is 1. The Morgan fingerprint density at radius 3 is 2.39 bits per heavy atom. The van der Waals surface area contributed by atoms with E-state index in [-0.39, 0.29) is 17.0 Å². The van der Waals surface area contributed by atoms with E-state index in [1.165, 1.54) is 6.07 Å². The fourth-order valence-corrected chi connectivity index (χ4v) is 5.34. The van der Waals surface area contributed by atoms with Crippen LogP contribution in [0.3, 0.4) is 0 Å².